The van der Waals surface area contributed by atoms with Crippen LogP contribution in [0.2, 0.25) is 0 Å². The number of nitrogens with two attached hydrogens (primary N) is 1. The number of carbonyl (C=O) groups is 2. The molecule has 5 rings (SSSR count). The number of ether oxygens (including phenoxy) is 2. The third-order valence-electron chi connectivity index (χ3n) is 9.42. The summed E-state index contributed by atoms with van der Waals surface area (Å²) < 4.78 is 12.2. The number of benzene rings is 1. The largest absolute Gasteiger partial charge is 0.486 e. The molecule has 32 heavy (non-hydrogen) atoms. The maximum Gasteiger partial charge on any atom is 0.338 e. The molecule has 2 unspecified atom stereocenters. The second-order valence-electron chi connectivity index (χ2n) is 11.1. The Morgan fingerprint density at radius 3 is 2.69 bits per heavy atom. The molecule has 6 atom stereocenters. The van der Waals surface area contributed by atoms with Crippen molar-refractivity contribution in [2.24, 2.45) is 28.4 Å². The summed E-state index contributed by atoms with van der Waals surface area (Å²) in [7, 11) is 1.37. The lowest BCUT2D eigenvalue weighted by atomic mass is 9.43. The van der Waals surface area contributed by atoms with Gasteiger partial charge in [0.15, 0.2) is 0 Å². The zero-order chi connectivity index (χ0) is 23.2. The molecule has 2 heterocycles. The van der Waals surface area contributed by atoms with E-state index in [1.165, 1.54) is 7.11 Å². The zero-order valence-corrected chi connectivity index (χ0v) is 20.3. The number of amides is 1. The number of nitrogens with one attached hydrogen (secondary N) is 1. The van der Waals surface area contributed by atoms with E-state index in [1.807, 2.05) is 0 Å². The van der Waals surface area contributed by atoms with E-state index in [0.29, 0.717) is 42.2 Å². The molecule has 4 aliphatic rings. The fourth-order valence-corrected chi connectivity index (χ4v) is 7.65. The van der Waals surface area contributed by atoms with Crippen molar-refractivity contribution >= 4 is 23.5 Å². The van der Waals surface area contributed by atoms with Crippen LogP contribution in [0, 0.1) is 22.7 Å². The second-order valence-corrected chi connectivity index (χ2v) is 11.6. The van der Waals surface area contributed by atoms with E-state index in [-0.39, 0.29) is 34.1 Å². The summed E-state index contributed by atoms with van der Waals surface area (Å²) >= 11 is 6.89. The first-order valence-electron chi connectivity index (χ1n) is 11.6. The van der Waals surface area contributed by atoms with Gasteiger partial charge >= 0.3 is 5.97 Å². The summed E-state index contributed by atoms with van der Waals surface area (Å²) in [6.07, 6.45) is 3.43. The van der Waals surface area contributed by atoms with E-state index in [1.54, 1.807) is 6.07 Å². The van der Waals surface area contributed by atoms with Crippen LogP contribution in [0.25, 0.3) is 0 Å². The highest BCUT2D eigenvalue weighted by molar-refractivity contribution is 6.21. The lowest BCUT2D eigenvalue weighted by molar-refractivity contribution is -0.212. The third-order valence-corrected chi connectivity index (χ3v) is 10.3. The third kappa shape index (κ3) is 2.57. The van der Waals surface area contributed by atoms with Crippen molar-refractivity contribution in [3.05, 3.63) is 28.3 Å². The van der Waals surface area contributed by atoms with Gasteiger partial charge in [-0.2, -0.15) is 0 Å². The van der Waals surface area contributed by atoms with Gasteiger partial charge in [-0.1, -0.05) is 27.7 Å². The van der Waals surface area contributed by atoms with Crippen molar-refractivity contribution in [2.45, 2.75) is 76.9 Å². The Morgan fingerprint density at radius 2 is 2.00 bits per heavy atom. The van der Waals surface area contributed by atoms with Gasteiger partial charge in [0.05, 0.1) is 18.1 Å². The number of methoxy groups -OCH3 is 1. The van der Waals surface area contributed by atoms with Crippen molar-refractivity contribution in [2.75, 3.05) is 7.11 Å². The molecule has 1 spiro atoms. The molecule has 174 valence electrons. The lowest BCUT2D eigenvalue weighted by Gasteiger charge is -2.68. The van der Waals surface area contributed by atoms with Crippen LogP contribution in [-0.4, -0.2) is 36.0 Å². The molecule has 0 aromatic heterocycles. The van der Waals surface area contributed by atoms with Gasteiger partial charge in [-0.25, -0.2) is 4.79 Å². The maximum absolute atomic E-state index is 12.8. The lowest BCUT2D eigenvalue weighted by Crippen LogP contribution is -2.73. The molecule has 0 bridgehead atoms. The minimum Gasteiger partial charge on any atom is -0.486 e. The molecule has 7 heteroatoms. The second kappa shape index (κ2) is 6.86. The molecular formula is C25H33ClN2O4. The van der Waals surface area contributed by atoms with Crippen LogP contribution < -0.4 is 15.8 Å². The minimum atomic E-state index is -0.514. The minimum absolute atomic E-state index is 0.142. The van der Waals surface area contributed by atoms with E-state index in [0.717, 1.165) is 24.0 Å². The van der Waals surface area contributed by atoms with E-state index in [2.05, 4.69) is 33.0 Å². The monoisotopic (exact) mass is 460 g/mol. The predicted octanol–water partition coefficient (Wildman–Crippen LogP) is 3.81. The molecule has 3 N–H and O–H groups in total. The molecule has 2 aliphatic carbocycles. The SMILES string of the molecule is COC(=O)c1cc2c(c3c1C[C@]1(C)[C@@H](C)CC[C@H]4C(C)(C)C(Cl)C(N)C[C@]41O3)CNC2=O. The average molecular weight is 461 g/mol. The molecule has 0 saturated heterocycles. The van der Waals surface area contributed by atoms with Crippen LogP contribution in [0.3, 0.4) is 0 Å². The number of rotatable bonds is 1. The first-order valence-corrected chi connectivity index (χ1v) is 12.1. The van der Waals surface area contributed by atoms with Crippen molar-refractivity contribution in [3.63, 3.8) is 0 Å². The molecule has 0 radical (unpaired) electrons. The standard InChI is InChI=1S/C25H33ClN2O4/c1-12-6-7-18-23(2,3)20(26)17(27)10-25(18)24(12,4)9-15-14(22(30)31-5)8-13-16(19(15)32-25)11-28-21(13)29/h8,12,17-18,20H,6-7,9-11,27H2,1-5H3,(H,28,29)/t12-,17?,18-,20?,24+,25-/m0/s1. The molecule has 2 saturated carbocycles. The number of fused-ring (bicyclic) bond motifs is 3. The summed E-state index contributed by atoms with van der Waals surface area (Å²) in [6.45, 7) is 9.41. The summed E-state index contributed by atoms with van der Waals surface area (Å²) in [5.74, 6) is 0.647. The summed E-state index contributed by atoms with van der Waals surface area (Å²) in [6, 6.07) is 1.48. The average Bonchev–Trinajstić information content (AvgIpc) is 3.11. The normalized spacial score (nSPS) is 39.0. The van der Waals surface area contributed by atoms with Gasteiger partial charge in [0, 0.05) is 47.0 Å². The fourth-order valence-electron chi connectivity index (χ4n) is 7.41. The number of hydrogen-bond acceptors (Lipinski definition) is 5. The highest BCUT2D eigenvalue weighted by Gasteiger charge is 2.69. The first kappa shape index (κ1) is 22.0. The molecular weight excluding hydrogens is 428 g/mol. The zero-order valence-electron chi connectivity index (χ0n) is 19.5. The van der Waals surface area contributed by atoms with Crippen LogP contribution in [0.15, 0.2) is 6.07 Å². The van der Waals surface area contributed by atoms with E-state index in [9.17, 15) is 9.59 Å². The molecule has 2 fully saturated rings. The highest BCUT2D eigenvalue weighted by atomic mass is 35.5. The van der Waals surface area contributed by atoms with Crippen molar-refractivity contribution in [1.82, 2.24) is 5.32 Å². The summed E-state index contributed by atoms with van der Waals surface area (Å²) in [5.41, 5.74) is 8.33. The molecule has 1 aromatic rings. The quantitative estimate of drug-likeness (QED) is 0.491. The van der Waals surface area contributed by atoms with Crippen molar-refractivity contribution in [3.8, 4) is 5.75 Å². The van der Waals surface area contributed by atoms with Crippen molar-refractivity contribution in [1.29, 1.82) is 0 Å². The summed E-state index contributed by atoms with van der Waals surface area (Å²) in [5, 5.41) is 2.75. The molecule has 2 aliphatic heterocycles. The molecule has 1 aromatic carbocycles. The topological polar surface area (TPSA) is 90.7 Å². The van der Waals surface area contributed by atoms with Crippen molar-refractivity contribution < 1.29 is 19.1 Å². The smallest absolute Gasteiger partial charge is 0.338 e. The predicted molar refractivity (Wildman–Crippen MR) is 122 cm³/mol. The van der Waals surface area contributed by atoms with Crippen LogP contribution in [0.1, 0.15) is 78.8 Å². The Bertz CT molecular complexity index is 1020. The number of hydrogen-bond donors (Lipinski definition) is 2. The Hall–Kier alpha value is -1.79. The van der Waals surface area contributed by atoms with Gasteiger partial charge in [-0.05, 0) is 36.7 Å². The highest BCUT2D eigenvalue weighted by Crippen LogP contribution is 2.66. The van der Waals surface area contributed by atoms with Gasteiger partial charge in [-0.3, -0.25) is 4.79 Å². The van der Waals surface area contributed by atoms with E-state index >= 15 is 0 Å². The van der Waals surface area contributed by atoms with Gasteiger partial charge < -0.3 is 20.5 Å². The van der Waals surface area contributed by atoms with Crippen LogP contribution in [0.4, 0.5) is 0 Å². The number of carbonyl (C=O) groups excluding carboxylic acids is 2. The van der Waals surface area contributed by atoms with Crippen LogP contribution >= 0.6 is 11.6 Å². The number of halogens is 1. The Morgan fingerprint density at radius 1 is 1.28 bits per heavy atom. The van der Waals surface area contributed by atoms with Gasteiger partial charge in [0.1, 0.15) is 11.4 Å². The molecule has 1 amide bonds. The Balaban J connectivity index is 1.77. The van der Waals surface area contributed by atoms with E-state index < -0.39 is 11.6 Å². The maximum atomic E-state index is 12.8. The van der Waals surface area contributed by atoms with Crippen LogP contribution in [0.5, 0.6) is 5.75 Å². The van der Waals surface area contributed by atoms with Gasteiger partial charge in [0.25, 0.3) is 5.91 Å². The Kier molecular flexibility index (Phi) is 4.72. The van der Waals surface area contributed by atoms with E-state index in [4.69, 9.17) is 26.8 Å². The van der Waals surface area contributed by atoms with Crippen LogP contribution in [-0.2, 0) is 17.7 Å². The van der Waals surface area contributed by atoms with Gasteiger partial charge in [-0.15, -0.1) is 11.6 Å². The number of alkyl halides is 1. The van der Waals surface area contributed by atoms with Gasteiger partial charge in [0.2, 0.25) is 0 Å². The number of esters is 1. The molecule has 6 nitrogen and oxygen atoms in total. The Labute approximate surface area is 194 Å². The summed E-state index contributed by atoms with van der Waals surface area (Å²) in [4.78, 5) is 25.3. The fraction of sp³-hybridized carbons (Fsp3) is 0.680. The first-order chi connectivity index (χ1) is 15.0.